The summed E-state index contributed by atoms with van der Waals surface area (Å²) in [5, 5.41) is 44.9. The number of nitrogens with two attached hydrogens (primary N) is 2. The molecule has 4 aromatic carbocycles. The summed E-state index contributed by atoms with van der Waals surface area (Å²) in [7, 11) is 0. The quantitative estimate of drug-likeness (QED) is 0.0956. The van der Waals surface area contributed by atoms with Crippen LogP contribution in [0.25, 0.3) is 43.6 Å². The van der Waals surface area contributed by atoms with Crippen LogP contribution in [0.5, 0.6) is 0 Å². The van der Waals surface area contributed by atoms with Gasteiger partial charge >= 0.3 is 19.5 Å². The van der Waals surface area contributed by atoms with E-state index in [1.165, 1.54) is 0 Å². The van der Waals surface area contributed by atoms with Gasteiger partial charge in [0.1, 0.15) is 0 Å². The molecule has 0 aliphatic rings. The number of carbonyl (C=O) groups is 4. The second-order valence-corrected chi connectivity index (χ2v) is 11.3. The minimum atomic E-state index is -1.44. The van der Waals surface area contributed by atoms with Crippen LogP contribution in [0.2, 0.25) is 0 Å². The monoisotopic (exact) mass is 894 g/mol. The summed E-state index contributed by atoms with van der Waals surface area (Å²) >= 11 is 0. The van der Waals surface area contributed by atoms with Crippen LogP contribution in [0.15, 0.2) is 134 Å². The Bertz CT molecular complexity index is 2310. The number of fused-ring (bicyclic) bond motifs is 4. The van der Waals surface area contributed by atoms with E-state index in [0.29, 0.717) is 0 Å². The molecule has 8 rings (SSSR count). The summed E-state index contributed by atoms with van der Waals surface area (Å²) in [5.41, 5.74) is 17.3. The van der Waals surface area contributed by atoms with Crippen molar-refractivity contribution in [1.82, 2.24) is 9.97 Å². The number of hydrogen-bond acceptors (Lipinski definition) is 12. The molecule has 0 aliphatic carbocycles. The Morgan fingerprint density at radius 2 is 0.656 bits per heavy atom. The van der Waals surface area contributed by atoms with Crippen molar-refractivity contribution in [3.8, 4) is 0 Å². The number of pyridine rings is 4. The van der Waals surface area contributed by atoms with E-state index >= 15 is 0 Å². The largest absolute Gasteiger partial charge is 2.00 e. The molecule has 8 aromatic rings. The number of nitrogen functional groups attached to an aromatic ring is 2. The molecule has 4 heterocycles. The van der Waals surface area contributed by atoms with Crippen molar-refractivity contribution in [3.63, 3.8) is 0 Å². The molecule has 0 spiro atoms. The molecule has 0 saturated carbocycles. The predicted molar refractivity (Wildman–Crippen MR) is 215 cm³/mol. The molecule has 0 aliphatic heterocycles. The fourth-order valence-corrected chi connectivity index (χ4v) is 5.16. The molecule has 0 bridgehead atoms. The van der Waals surface area contributed by atoms with Crippen molar-refractivity contribution in [2.75, 3.05) is 11.5 Å². The first-order chi connectivity index (χ1) is 25.9. The van der Waals surface area contributed by atoms with Crippen molar-refractivity contribution >= 4 is 78.9 Å². The number of carboxylic acids is 4. The molecular formula is C40H42N6O14Zn+2. The summed E-state index contributed by atoms with van der Waals surface area (Å²) in [4.78, 5) is 54.0. The summed E-state index contributed by atoms with van der Waals surface area (Å²) in [6.07, 6.45) is 1.81. The van der Waals surface area contributed by atoms with E-state index < -0.39 is 23.9 Å². The molecule has 316 valence electrons. The maximum absolute atomic E-state index is 10.2. The number of nitrogens with zero attached hydrogens (tertiary/aromatic N) is 2. The molecule has 61 heavy (non-hydrogen) atoms. The summed E-state index contributed by atoms with van der Waals surface area (Å²) < 4.78 is 0. The number of nitrogens with one attached hydrogen (secondary N) is 2. The maximum Gasteiger partial charge on any atom is 2.00 e. The molecule has 0 fully saturated rings. The third-order valence-corrected chi connectivity index (χ3v) is 7.82. The average molecular weight is 896 g/mol. The van der Waals surface area contributed by atoms with E-state index in [9.17, 15) is 39.6 Å². The number of carbonyl (C=O) groups excluding carboxylic acids is 4. The van der Waals surface area contributed by atoms with Gasteiger partial charge in [0.05, 0.1) is 68.2 Å². The van der Waals surface area contributed by atoms with Crippen LogP contribution in [0, 0.1) is 0 Å². The normalized spacial score (nSPS) is 9.05. The molecule has 21 heteroatoms. The number of aromatic nitrogens is 4. The molecular weight excluding hydrogens is 854 g/mol. The number of hydrogen-bond donors (Lipinski definition) is 2. The number of H-pyrrole nitrogens is 2. The van der Waals surface area contributed by atoms with Crippen molar-refractivity contribution in [1.29, 1.82) is 0 Å². The van der Waals surface area contributed by atoms with Crippen LogP contribution in [0.1, 0.15) is 41.7 Å². The van der Waals surface area contributed by atoms with Crippen LogP contribution in [0.3, 0.4) is 0 Å². The molecule has 0 saturated heterocycles. The Hall–Kier alpha value is -7.62. The Morgan fingerprint density at radius 3 is 0.852 bits per heavy atom. The van der Waals surface area contributed by atoms with Gasteiger partial charge in [0, 0.05) is 47.8 Å². The van der Waals surface area contributed by atoms with Gasteiger partial charge in [-0.15, -0.1) is 0 Å². The third-order valence-electron chi connectivity index (χ3n) is 7.82. The van der Waals surface area contributed by atoms with Crippen molar-refractivity contribution < 1.29 is 102 Å². The van der Waals surface area contributed by atoms with Gasteiger partial charge in [0.2, 0.25) is 22.1 Å². The zero-order chi connectivity index (χ0) is 38.8. The van der Waals surface area contributed by atoms with E-state index in [1.807, 2.05) is 97.1 Å². The van der Waals surface area contributed by atoms with Crippen LogP contribution in [-0.4, -0.2) is 55.7 Å². The Labute approximate surface area is 357 Å². The fraction of sp³-hybridized carbons (Fsp3) is 0. The summed E-state index contributed by atoms with van der Waals surface area (Å²) in [5.74, 6) is -5.68. The van der Waals surface area contributed by atoms with Crippen LogP contribution < -0.4 is 41.9 Å². The minimum absolute atomic E-state index is 0. The number of benzene rings is 4. The summed E-state index contributed by atoms with van der Waals surface area (Å²) in [6, 6.07) is 36.6. The number of aromatic amines is 2. The number of anilines is 2. The zero-order valence-corrected chi connectivity index (χ0v) is 34.8. The van der Waals surface area contributed by atoms with E-state index in [-0.39, 0.29) is 74.8 Å². The molecule has 20 N–H and O–H groups in total. The smallest absolute Gasteiger partial charge is 0.545 e. The summed E-state index contributed by atoms with van der Waals surface area (Å²) in [6.45, 7) is 0. The van der Waals surface area contributed by atoms with Gasteiger partial charge in [-0.05, 0) is 48.5 Å². The second kappa shape index (κ2) is 26.4. The first kappa shape index (κ1) is 57.7. The molecule has 0 amide bonds. The zero-order valence-electron chi connectivity index (χ0n) is 31.9. The first-order valence-corrected chi connectivity index (χ1v) is 15.9. The van der Waals surface area contributed by atoms with Gasteiger partial charge in [-0.1, -0.05) is 48.5 Å². The Morgan fingerprint density at radius 1 is 0.410 bits per heavy atom. The topological polar surface area (TPSA) is 459 Å². The molecule has 0 unspecified atom stereocenters. The SMILES string of the molecule is Nc1c2ccccc2[nH+]c2ccccc12.Nc1c2ccccc2[nH+]c2ccccc12.O.O.O.O.O=C([O-])c1ccc(C(=O)[O-])nc1.O=C([O-])c1ccc(C(=O)[O-])nc1.[OH3+].[OH3+].[Zn+2]. The molecule has 20 nitrogen and oxygen atoms in total. The van der Waals surface area contributed by atoms with Gasteiger partial charge in [0.25, 0.3) is 0 Å². The van der Waals surface area contributed by atoms with Gasteiger partial charge in [-0.3, -0.25) is 9.97 Å². The third kappa shape index (κ3) is 14.3. The van der Waals surface area contributed by atoms with E-state index in [2.05, 4.69) is 19.9 Å². The van der Waals surface area contributed by atoms with E-state index in [0.717, 1.165) is 91.6 Å². The van der Waals surface area contributed by atoms with Crippen molar-refractivity contribution in [2.24, 2.45) is 0 Å². The van der Waals surface area contributed by atoms with Gasteiger partial charge in [-0.2, -0.15) is 0 Å². The maximum atomic E-state index is 10.2. The standard InChI is InChI=1S/2C13H10N2.2C7H5NO4.6H2O.Zn/c2*14-13-9-5-1-3-7-11(9)15-12-8-4-2-6-10(12)13;2*9-6(10)4-1-2-5(7(11)12)8-3-4;;;;;;;/h2*1-8H,(H2,14,15);2*1-3H,(H,9,10)(H,11,12);6*1H2;/q;;;;;;;;;;+2. The van der Waals surface area contributed by atoms with E-state index in [4.69, 9.17) is 11.5 Å². The minimum Gasteiger partial charge on any atom is -0.545 e. The van der Waals surface area contributed by atoms with Crippen LogP contribution >= 0.6 is 0 Å². The van der Waals surface area contributed by atoms with Gasteiger partial charge in [-0.25, -0.2) is 9.97 Å². The Kier molecular flexibility index (Phi) is 25.0. The van der Waals surface area contributed by atoms with Crippen LogP contribution in [0.4, 0.5) is 11.4 Å². The number of para-hydroxylation sites is 4. The van der Waals surface area contributed by atoms with Gasteiger partial charge in [0.15, 0.2) is 0 Å². The molecule has 0 atom stereocenters. The van der Waals surface area contributed by atoms with Crippen LogP contribution in [-0.2, 0) is 30.4 Å². The van der Waals surface area contributed by atoms with Crippen molar-refractivity contribution in [2.45, 2.75) is 0 Å². The molecule has 0 radical (unpaired) electrons. The number of aromatic carboxylic acids is 4. The number of carboxylic acid groups (broad SMARTS) is 4. The van der Waals surface area contributed by atoms with Crippen molar-refractivity contribution in [3.05, 3.63) is 156 Å². The fourth-order valence-electron chi connectivity index (χ4n) is 5.16. The van der Waals surface area contributed by atoms with Gasteiger partial charge < -0.3 is 83.9 Å². The second-order valence-electron chi connectivity index (χ2n) is 11.3. The Balaban J connectivity index is -0.000000713. The first-order valence-electron chi connectivity index (χ1n) is 15.9. The number of rotatable bonds is 4. The average Bonchev–Trinajstić information content (AvgIpc) is 3.19. The predicted octanol–water partition coefficient (Wildman–Crippen LogP) is -4.75. The van der Waals surface area contributed by atoms with E-state index in [1.54, 1.807) is 0 Å². The molecule has 4 aromatic heterocycles.